The van der Waals surface area contributed by atoms with Gasteiger partial charge in [0, 0.05) is 5.56 Å². The molecule has 0 aliphatic carbocycles. The van der Waals surface area contributed by atoms with Crippen molar-refractivity contribution in [2.24, 2.45) is 0 Å². The fourth-order valence-corrected chi connectivity index (χ4v) is 2.52. The highest BCUT2D eigenvalue weighted by molar-refractivity contribution is 6.12. The number of carbonyl (C=O) groups excluding carboxylic acids is 2. The molecule has 0 saturated carbocycles. The number of aryl methyl sites for hydroxylation is 1. The molecule has 0 bridgehead atoms. The van der Waals surface area contributed by atoms with Crippen LogP contribution in [0.1, 0.15) is 56.8 Å². The Labute approximate surface area is 146 Å². The zero-order chi connectivity index (χ0) is 18.9. The summed E-state index contributed by atoms with van der Waals surface area (Å²) in [6, 6.07) is 5.59. The summed E-state index contributed by atoms with van der Waals surface area (Å²) >= 11 is 0. The van der Waals surface area contributed by atoms with E-state index in [2.05, 4.69) is 0 Å². The first kappa shape index (κ1) is 18.5. The lowest BCUT2D eigenvalue weighted by molar-refractivity contribution is 0.0374. The zero-order valence-corrected chi connectivity index (χ0v) is 15.0. The van der Waals surface area contributed by atoms with Gasteiger partial charge in [-0.1, -0.05) is 0 Å². The summed E-state index contributed by atoms with van der Waals surface area (Å²) in [5.74, 6) is -1.47. The Morgan fingerprint density at radius 2 is 1.60 bits per heavy atom. The average Bonchev–Trinajstić information content (AvgIpc) is 2.55. The largest absolute Gasteiger partial charge is 0.507 e. The number of rotatable bonds is 4. The van der Waals surface area contributed by atoms with Gasteiger partial charge in [-0.15, -0.1) is 0 Å². The van der Waals surface area contributed by atoms with Crippen LogP contribution in [0.15, 0.2) is 24.3 Å². The molecule has 25 heavy (non-hydrogen) atoms. The standard InChI is InChI=1S/C20H22O5/c1-10(2)25-20(24)15-9-14(6-7-17(15)21)19(23)16-8-11(3)12(4)13(5)18(16)22/h6-10,21-22H,1-5H3. The van der Waals surface area contributed by atoms with Crippen molar-refractivity contribution in [2.75, 3.05) is 0 Å². The number of phenolic OH excluding ortho intramolecular Hbond substituents is 2. The van der Waals surface area contributed by atoms with Crippen molar-refractivity contribution in [3.8, 4) is 11.5 Å². The van der Waals surface area contributed by atoms with Gasteiger partial charge in [-0.05, 0) is 75.6 Å². The first-order valence-corrected chi connectivity index (χ1v) is 8.02. The normalized spacial score (nSPS) is 10.8. The first-order valence-electron chi connectivity index (χ1n) is 8.02. The lowest BCUT2D eigenvalue weighted by Gasteiger charge is -2.13. The molecule has 0 heterocycles. The zero-order valence-electron chi connectivity index (χ0n) is 15.0. The van der Waals surface area contributed by atoms with Crippen LogP contribution in [-0.2, 0) is 4.74 Å². The van der Waals surface area contributed by atoms with Crippen LogP contribution in [0.3, 0.4) is 0 Å². The lowest BCUT2D eigenvalue weighted by atomic mass is 9.93. The van der Waals surface area contributed by atoms with Gasteiger partial charge >= 0.3 is 5.97 Å². The summed E-state index contributed by atoms with van der Waals surface area (Å²) in [6.45, 7) is 8.87. The lowest BCUT2D eigenvalue weighted by Crippen LogP contribution is -2.13. The molecule has 0 aromatic heterocycles. The average molecular weight is 342 g/mol. The van der Waals surface area contributed by atoms with Crippen LogP contribution >= 0.6 is 0 Å². The van der Waals surface area contributed by atoms with Gasteiger partial charge in [-0.25, -0.2) is 4.79 Å². The van der Waals surface area contributed by atoms with Gasteiger partial charge in [0.05, 0.1) is 11.7 Å². The molecule has 0 saturated heterocycles. The second-order valence-corrected chi connectivity index (χ2v) is 6.35. The Morgan fingerprint density at radius 1 is 0.960 bits per heavy atom. The van der Waals surface area contributed by atoms with Crippen molar-refractivity contribution in [1.82, 2.24) is 0 Å². The van der Waals surface area contributed by atoms with Crippen molar-refractivity contribution < 1.29 is 24.5 Å². The number of benzene rings is 2. The number of esters is 1. The van der Waals surface area contributed by atoms with E-state index in [-0.39, 0.29) is 34.3 Å². The molecule has 0 spiro atoms. The minimum absolute atomic E-state index is 0.0764. The van der Waals surface area contributed by atoms with E-state index in [4.69, 9.17) is 4.74 Å². The fraction of sp³-hybridized carbons (Fsp3) is 0.300. The van der Waals surface area contributed by atoms with Crippen LogP contribution in [0, 0.1) is 20.8 Å². The van der Waals surface area contributed by atoms with Gasteiger partial charge in [0.2, 0.25) is 0 Å². The molecule has 2 aromatic rings. The molecule has 0 amide bonds. The smallest absolute Gasteiger partial charge is 0.342 e. The van der Waals surface area contributed by atoms with Gasteiger partial charge in [-0.2, -0.15) is 0 Å². The Balaban J connectivity index is 2.50. The summed E-state index contributed by atoms with van der Waals surface area (Å²) in [4.78, 5) is 24.9. The number of carbonyl (C=O) groups is 2. The van der Waals surface area contributed by atoms with Gasteiger partial charge in [0.1, 0.15) is 17.1 Å². The Bertz CT molecular complexity index is 850. The molecule has 2 rings (SSSR count). The summed E-state index contributed by atoms with van der Waals surface area (Å²) in [7, 11) is 0. The predicted molar refractivity (Wildman–Crippen MR) is 94.4 cm³/mol. The molecule has 0 aliphatic rings. The second-order valence-electron chi connectivity index (χ2n) is 6.35. The molecule has 0 fully saturated rings. The van der Waals surface area contributed by atoms with Crippen LogP contribution in [-0.4, -0.2) is 28.1 Å². The Hall–Kier alpha value is -2.82. The molecule has 132 valence electrons. The number of hydrogen-bond acceptors (Lipinski definition) is 5. The van der Waals surface area contributed by atoms with E-state index >= 15 is 0 Å². The minimum Gasteiger partial charge on any atom is -0.507 e. The van der Waals surface area contributed by atoms with Crippen LogP contribution in [0.5, 0.6) is 11.5 Å². The molecule has 5 nitrogen and oxygen atoms in total. The van der Waals surface area contributed by atoms with E-state index in [0.717, 1.165) is 11.1 Å². The third kappa shape index (κ3) is 3.65. The third-order valence-corrected chi connectivity index (χ3v) is 4.19. The van der Waals surface area contributed by atoms with E-state index in [1.54, 1.807) is 26.8 Å². The maximum absolute atomic E-state index is 12.8. The molecule has 0 aliphatic heterocycles. The second kappa shape index (κ2) is 6.97. The van der Waals surface area contributed by atoms with E-state index < -0.39 is 11.8 Å². The Morgan fingerprint density at radius 3 is 2.20 bits per heavy atom. The summed E-state index contributed by atoms with van der Waals surface area (Å²) < 4.78 is 5.08. The van der Waals surface area contributed by atoms with E-state index in [9.17, 15) is 19.8 Å². The predicted octanol–water partition coefficient (Wildman–Crippen LogP) is 3.82. The maximum Gasteiger partial charge on any atom is 0.342 e. The quantitative estimate of drug-likeness (QED) is 0.652. The molecule has 0 unspecified atom stereocenters. The number of aromatic hydroxyl groups is 2. The first-order chi connectivity index (χ1) is 11.6. The highest BCUT2D eigenvalue weighted by Crippen LogP contribution is 2.30. The van der Waals surface area contributed by atoms with Gasteiger partial charge < -0.3 is 14.9 Å². The van der Waals surface area contributed by atoms with Crippen molar-refractivity contribution >= 4 is 11.8 Å². The van der Waals surface area contributed by atoms with Crippen molar-refractivity contribution in [3.63, 3.8) is 0 Å². The summed E-state index contributed by atoms with van der Waals surface area (Å²) in [5.41, 5.74) is 2.71. The maximum atomic E-state index is 12.8. The van der Waals surface area contributed by atoms with Crippen LogP contribution in [0.4, 0.5) is 0 Å². The minimum atomic E-state index is -0.706. The molecule has 0 radical (unpaired) electrons. The van der Waals surface area contributed by atoms with E-state index in [0.29, 0.717) is 5.56 Å². The topological polar surface area (TPSA) is 83.8 Å². The van der Waals surface area contributed by atoms with Crippen molar-refractivity contribution in [2.45, 2.75) is 40.7 Å². The monoisotopic (exact) mass is 342 g/mol. The van der Waals surface area contributed by atoms with Gasteiger partial charge in [0.25, 0.3) is 0 Å². The SMILES string of the molecule is Cc1cc(C(=O)c2ccc(O)c(C(=O)OC(C)C)c2)c(O)c(C)c1C. The number of ether oxygens (including phenoxy) is 1. The molecular formula is C20H22O5. The number of hydrogen-bond donors (Lipinski definition) is 2. The highest BCUT2D eigenvalue weighted by Gasteiger charge is 2.21. The summed E-state index contributed by atoms with van der Waals surface area (Å²) in [5, 5.41) is 20.2. The highest BCUT2D eigenvalue weighted by atomic mass is 16.5. The van der Waals surface area contributed by atoms with Crippen LogP contribution in [0.25, 0.3) is 0 Å². The van der Waals surface area contributed by atoms with Crippen LogP contribution < -0.4 is 0 Å². The Kier molecular flexibility index (Phi) is 5.16. The number of ketones is 1. The van der Waals surface area contributed by atoms with Crippen molar-refractivity contribution in [1.29, 1.82) is 0 Å². The third-order valence-electron chi connectivity index (χ3n) is 4.19. The number of phenols is 2. The van der Waals surface area contributed by atoms with Crippen LogP contribution in [0.2, 0.25) is 0 Å². The molecule has 2 N–H and O–H groups in total. The fourth-order valence-electron chi connectivity index (χ4n) is 2.52. The summed E-state index contributed by atoms with van der Waals surface area (Å²) in [6.07, 6.45) is -0.349. The van der Waals surface area contributed by atoms with E-state index in [1.807, 2.05) is 13.8 Å². The van der Waals surface area contributed by atoms with Gasteiger partial charge in [0.15, 0.2) is 5.78 Å². The molecule has 0 atom stereocenters. The van der Waals surface area contributed by atoms with E-state index in [1.165, 1.54) is 18.2 Å². The molecule has 5 heteroatoms. The molecule has 2 aromatic carbocycles. The molecular weight excluding hydrogens is 320 g/mol. The van der Waals surface area contributed by atoms with Gasteiger partial charge in [-0.3, -0.25) is 4.79 Å². The van der Waals surface area contributed by atoms with Crippen molar-refractivity contribution in [3.05, 3.63) is 57.6 Å².